The summed E-state index contributed by atoms with van der Waals surface area (Å²) in [6.07, 6.45) is 2.81. The Balaban J connectivity index is 1.32. The Kier molecular flexibility index (Phi) is 8.09. The monoisotopic (exact) mass is 551 g/mol. The highest BCUT2D eigenvalue weighted by molar-refractivity contribution is 7.98. The number of hydrogen-bond acceptors (Lipinski definition) is 8. The minimum absolute atomic E-state index is 0.214. The fourth-order valence-corrected chi connectivity index (χ4v) is 5.39. The Morgan fingerprint density at radius 1 is 1.13 bits per heavy atom. The van der Waals surface area contributed by atoms with Crippen LogP contribution in [0.5, 0.6) is 0 Å². The third-order valence-corrected chi connectivity index (χ3v) is 7.43. The first-order chi connectivity index (χ1) is 18.5. The Hall–Kier alpha value is -3.63. The molecule has 5 rings (SSSR count). The highest BCUT2D eigenvalue weighted by Gasteiger charge is 2.31. The number of hydrogen-bond donors (Lipinski definition) is 0. The average Bonchev–Trinajstić information content (AvgIpc) is 3.60. The normalized spacial score (nSPS) is 15.4. The lowest BCUT2D eigenvalue weighted by Crippen LogP contribution is -2.43. The predicted molar refractivity (Wildman–Crippen MR) is 143 cm³/mol. The second-order valence-electron chi connectivity index (χ2n) is 8.71. The van der Waals surface area contributed by atoms with Crippen LogP contribution in [-0.4, -0.2) is 56.2 Å². The quantitative estimate of drug-likeness (QED) is 0.215. The number of ether oxygens (including phenoxy) is 1. The summed E-state index contributed by atoms with van der Waals surface area (Å²) in [7, 11) is 0. The number of para-hydroxylation sites is 1. The van der Waals surface area contributed by atoms with Crippen molar-refractivity contribution < 1.29 is 18.7 Å². The molecule has 1 atom stereocenters. The van der Waals surface area contributed by atoms with Crippen LogP contribution in [0.3, 0.4) is 0 Å². The summed E-state index contributed by atoms with van der Waals surface area (Å²) in [6, 6.07) is 17.3. The van der Waals surface area contributed by atoms with Crippen molar-refractivity contribution >= 4 is 35.2 Å². The van der Waals surface area contributed by atoms with Crippen molar-refractivity contribution in [2.75, 3.05) is 19.7 Å². The summed E-state index contributed by atoms with van der Waals surface area (Å²) in [4.78, 5) is 31.3. The smallest absolute Gasteiger partial charge is 0.310 e. The van der Waals surface area contributed by atoms with Gasteiger partial charge in [-0.3, -0.25) is 14.2 Å². The van der Waals surface area contributed by atoms with Crippen molar-refractivity contribution in [3.05, 3.63) is 77.5 Å². The Labute approximate surface area is 229 Å². The number of likely N-dealkylation sites (tertiary alicyclic amines) is 1. The lowest BCUT2D eigenvalue weighted by molar-refractivity contribution is -0.149. The van der Waals surface area contributed by atoms with Gasteiger partial charge in [-0.15, -0.1) is 10.2 Å². The van der Waals surface area contributed by atoms with Gasteiger partial charge in [0, 0.05) is 24.3 Å². The van der Waals surface area contributed by atoms with Crippen LogP contribution in [0.15, 0.2) is 70.4 Å². The van der Waals surface area contributed by atoms with Crippen LogP contribution >= 0.6 is 23.4 Å². The molecule has 196 valence electrons. The van der Waals surface area contributed by atoms with E-state index in [9.17, 15) is 9.59 Å². The Morgan fingerprint density at radius 3 is 2.71 bits per heavy atom. The van der Waals surface area contributed by atoms with Crippen LogP contribution < -0.4 is 0 Å². The summed E-state index contributed by atoms with van der Waals surface area (Å²) in [5, 5.41) is 10.0. The van der Waals surface area contributed by atoms with Crippen LogP contribution in [0.25, 0.3) is 17.1 Å². The average molecular weight is 552 g/mol. The molecule has 0 N–H and O–H groups in total. The van der Waals surface area contributed by atoms with E-state index in [0.29, 0.717) is 53.8 Å². The molecular weight excluding hydrogens is 526 g/mol. The summed E-state index contributed by atoms with van der Waals surface area (Å²) in [6.45, 7) is 2.99. The third-order valence-electron chi connectivity index (χ3n) is 6.19. The van der Waals surface area contributed by atoms with Crippen LogP contribution in [0.1, 0.15) is 36.1 Å². The molecule has 2 aromatic carbocycles. The SMILES string of the molecule is CCOC(=O)C1CCCN(C(=O)c2coc(CSc3nnc(-c4ccccc4Cl)n3-c3ccccc3)n2)C1. The zero-order valence-electron chi connectivity index (χ0n) is 20.7. The van der Waals surface area contributed by atoms with Gasteiger partial charge in [-0.2, -0.15) is 0 Å². The first-order valence-electron chi connectivity index (χ1n) is 12.3. The van der Waals surface area contributed by atoms with E-state index in [0.717, 1.165) is 17.7 Å². The molecule has 4 aromatic rings. The van der Waals surface area contributed by atoms with E-state index >= 15 is 0 Å². The first kappa shape index (κ1) is 26.0. The number of halogens is 1. The van der Waals surface area contributed by atoms with Gasteiger partial charge in [-0.25, -0.2) is 4.98 Å². The van der Waals surface area contributed by atoms with Gasteiger partial charge in [0.15, 0.2) is 16.7 Å². The van der Waals surface area contributed by atoms with Crippen LogP contribution in [0, 0.1) is 5.92 Å². The van der Waals surface area contributed by atoms with E-state index in [2.05, 4.69) is 15.2 Å². The lowest BCUT2D eigenvalue weighted by Gasteiger charge is -2.30. The number of benzene rings is 2. The van der Waals surface area contributed by atoms with Gasteiger partial charge in [-0.05, 0) is 44.0 Å². The molecule has 9 nitrogen and oxygen atoms in total. The topological polar surface area (TPSA) is 103 Å². The van der Waals surface area contributed by atoms with Gasteiger partial charge in [0.05, 0.1) is 23.3 Å². The molecule has 1 saturated heterocycles. The number of rotatable bonds is 8. The van der Waals surface area contributed by atoms with E-state index in [-0.39, 0.29) is 23.5 Å². The third kappa shape index (κ3) is 5.61. The molecule has 11 heteroatoms. The Morgan fingerprint density at radius 2 is 1.92 bits per heavy atom. The molecule has 0 bridgehead atoms. The van der Waals surface area contributed by atoms with Crippen LogP contribution in [0.4, 0.5) is 0 Å². The minimum Gasteiger partial charge on any atom is -0.466 e. The summed E-state index contributed by atoms with van der Waals surface area (Å²) >= 11 is 7.86. The standard InChI is InChI=1S/C27H26ClN5O4S/c1-2-36-26(35)18-9-8-14-32(15-18)25(34)22-16-37-23(29-22)17-38-27-31-30-24(20-12-6-7-13-21(20)28)33(27)19-10-4-3-5-11-19/h3-7,10-13,16,18H,2,8-9,14-15,17H2,1H3. The fraction of sp³-hybridized carbons (Fsp3) is 0.296. The van der Waals surface area contributed by atoms with Gasteiger partial charge < -0.3 is 14.1 Å². The maximum absolute atomic E-state index is 13.1. The number of piperidine rings is 1. The van der Waals surface area contributed by atoms with Gasteiger partial charge in [0.2, 0.25) is 5.89 Å². The van der Waals surface area contributed by atoms with Crippen molar-refractivity contribution in [1.29, 1.82) is 0 Å². The zero-order chi connectivity index (χ0) is 26.5. The van der Waals surface area contributed by atoms with Crippen molar-refractivity contribution in [2.24, 2.45) is 5.92 Å². The summed E-state index contributed by atoms with van der Waals surface area (Å²) in [5.41, 5.74) is 1.87. The molecule has 1 unspecified atom stereocenters. The molecule has 1 fully saturated rings. The molecule has 3 heterocycles. The maximum Gasteiger partial charge on any atom is 0.310 e. The van der Waals surface area contributed by atoms with E-state index < -0.39 is 0 Å². The molecular formula is C27H26ClN5O4S. The summed E-state index contributed by atoms with van der Waals surface area (Å²) < 4.78 is 12.7. The number of oxazole rings is 1. The largest absolute Gasteiger partial charge is 0.466 e. The van der Waals surface area contributed by atoms with Crippen molar-refractivity contribution in [2.45, 2.75) is 30.7 Å². The number of amides is 1. The number of aromatic nitrogens is 4. The fourth-order valence-electron chi connectivity index (χ4n) is 4.37. The van der Waals surface area contributed by atoms with Gasteiger partial charge in [0.25, 0.3) is 5.91 Å². The van der Waals surface area contributed by atoms with Gasteiger partial charge in [-0.1, -0.05) is 53.7 Å². The number of esters is 1. The van der Waals surface area contributed by atoms with Gasteiger partial charge in [0.1, 0.15) is 6.26 Å². The van der Waals surface area contributed by atoms with Gasteiger partial charge >= 0.3 is 5.97 Å². The van der Waals surface area contributed by atoms with E-state index in [1.807, 2.05) is 59.2 Å². The molecule has 1 aliphatic heterocycles. The molecule has 0 radical (unpaired) electrons. The Bertz CT molecular complexity index is 1420. The second-order valence-corrected chi connectivity index (χ2v) is 10.1. The highest BCUT2D eigenvalue weighted by atomic mass is 35.5. The zero-order valence-corrected chi connectivity index (χ0v) is 22.3. The molecule has 0 aliphatic carbocycles. The van der Waals surface area contributed by atoms with Crippen LogP contribution in [0.2, 0.25) is 5.02 Å². The maximum atomic E-state index is 13.1. The lowest BCUT2D eigenvalue weighted by atomic mass is 9.98. The molecule has 0 spiro atoms. The van der Waals surface area contributed by atoms with E-state index in [4.69, 9.17) is 20.8 Å². The number of nitrogens with zero attached hydrogens (tertiary/aromatic N) is 5. The summed E-state index contributed by atoms with van der Waals surface area (Å²) in [5.74, 6) is 0.513. The minimum atomic E-state index is -0.314. The van der Waals surface area contributed by atoms with E-state index in [1.54, 1.807) is 11.8 Å². The molecule has 0 saturated carbocycles. The molecule has 38 heavy (non-hydrogen) atoms. The molecule has 2 aromatic heterocycles. The first-order valence-corrected chi connectivity index (χ1v) is 13.7. The molecule has 1 amide bonds. The van der Waals surface area contributed by atoms with E-state index in [1.165, 1.54) is 18.0 Å². The highest BCUT2D eigenvalue weighted by Crippen LogP contribution is 2.33. The molecule has 1 aliphatic rings. The van der Waals surface area contributed by atoms with Crippen molar-refractivity contribution in [1.82, 2.24) is 24.6 Å². The second kappa shape index (κ2) is 11.8. The van der Waals surface area contributed by atoms with Crippen molar-refractivity contribution in [3.8, 4) is 17.1 Å². The van der Waals surface area contributed by atoms with Crippen molar-refractivity contribution in [3.63, 3.8) is 0 Å². The van der Waals surface area contributed by atoms with Crippen LogP contribution in [-0.2, 0) is 15.3 Å². The number of thioether (sulfide) groups is 1. The number of carbonyl (C=O) groups excluding carboxylic acids is 2. The predicted octanol–water partition coefficient (Wildman–Crippen LogP) is 5.28. The number of carbonyl (C=O) groups is 2.